The van der Waals surface area contributed by atoms with Gasteiger partial charge in [-0.25, -0.2) is 8.42 Å². The van der Waals surface area contributed by atoms with Crippen molar-refractivity contribution in [1.29, 1.82) is 0 Å². The highest BCUT2D eigenvalue weighted by Gasteiger charge is 2.26. The van der Waals surface area contributed by atoms with Crippen molar-refractivity contribution in [1.82, 2.24) is 0 Å². The number of fused-ring (bicyclic) bond motifs is 1. The fourth-order valence-corrected chi connectivity index (χ4v) is 4.07. The number of sulfonamides is 1. The van der Waals surface area contributed by atoms with Crippen LogP contribution in [0.3, 0.4) is 0 Å². The number of nitrogens with zero attached hydrogens (tertiary/aromatic N) is 2. The van der Waals surface area contributed by atoms with Crippen LogP contribution in [-0.2, 0) is 10.0 Å². The first-order chi connectivity index (χ1) is 11.9. The van der Waals surface area contributed by atoms with Gasteiger partial charge in [0.25, 0.3) is 15.7 Å². The summed E-state index contributed by atoms with van der Waals surface area (Å²) in [6.07, 6.45) is 0. The van der Waals surface area contributed by atoms with Crippen LogP contribution in [0, 0.1) is 10.1 Å². The maximum atomic E-state index is 12.9. The quantitative estimate of drug-likeness (QED) is 0.597. The second-order valence-corrected chi connectivity index (χ2v) is 7.11. The monoisotopic (exact) mass is 364 g/mol. The summed E-state index contributed by atoms with van der Waals surface area (Å²) in [5.74, 6) is 1.02. The normalized spacial score (nSPS) is 13.3. The van der Waals surface area contributed by atoms with E-state index in [1.165, 1.54) is 22.5 Å². The molecule has 0 spiro atoms. The minimum absolute atomic E-state index is 0.140. The third-order valence-corrected chi connectivity index (χ3v) is 5.62. The summed E-state index contributed by atoms with van der Waals surface area (Å²) in [6, 6.07) is 9.84. The molecule has 1 aliphatic rings. The molecular weight excluding hydrogens is 348 g/mol. The predicted octanol–water partition coefficient (Wildman–Crippen LogP) is 2.58. The van der Waals surface area contributed by atoms with E-state index in [4.69, 9.17) is 9.47 Å². The largest absolute Gasteiger partial charge is 0.486 e. The molecule has 9 heteroatoms. The average molecular weight is 364 g/mol. The third-order valence-electron chi connectivity index (χ3n) is 3.72. The van der Waals surface area contributed by atoms with Crippen LogP contribution in [0.1, 0.15) is 6.92 Å². The summed E-state index contributed by atoms with van der Waals surface area (Å²) >= 11 is 0. The standard InChI is InChI=1S/C16H16N2O6S/c1-2-17(12-6-7-15-16(11-12)24-9-8-23-15)25(21,22)14-5-3-4-13(10-14)18(19)20/h3-7,10-11H,2,8-9H2,1H3. The summed E-state index contributed by atoms with van der Waals surface area (Å²) in [4.78, 5) is 10.2. The third kappa shape index (κ3) is 3.22. The molecule has 0 unspecified atom stereocenters. The zero-order valence-electron chi connectivity index (χ0n) is 13.4. The van der Waals surface area contributed by atoms with E-state index in [0.717, 1.165) is 6.07 Å². The van der Waals surface area contributed by atoms with E-state index < -0.39 is 14.9 Å². The van der Waals surface area contributed by atoms with Crippen molar-refractivity contribution in [3.63, 3.8) is 0 Å². The molecule has 0 saturated heterocycles. The first kappa shape index (κ1) is 17.0. The molecule has 1 heterocycles. The Morgan fingerprint density at radius 2 is 1.84 bits per heavy atom. The summed E-state index contributed by atoms with van der Waals surface area (Å²) < 4.78 is 38.0. The van der Waals surface area contributed by atoms with Crippen molar-refractivity contribution in [2.45, 2.75) is 11.8 Å². The van der Waals surface area contributed by atoms with E-state index in [1.807, 2.05) is 0 Å². The molecule has 0 bridgehead atoms. The number of hydrogen-bond acceptors (Lipinski definition) is 6. The van der Waals surface area contributed by atoms with E-state index in [1.54, 1.807) is 25.1 Å². The molecule has 2 aromatic rings. The molecule has 0 atom stereocenters. The van der Waals surface area contributed by atoms with Crippen molar-refractivity contribution in [2.24, 2.45) is 0 Å². The lowest BCUT2D eigenvalue weighted by Gasteiger charge is -2.25. The van der Waals surface area contributed by atoms with Gasteiger partial charge in [-0.2, -0.15) is 0 Å². The lowest BCUT2D eigenvalue weighted by Crippen LogP contribution is -2.31. The number of nitro groups is 1. The molecule has 0 saturated carbocycles. The summed E-state index contributed by atoms with van der Waals surface area (Å²) in [7, 11) is -3.95. The fourth-order valence-electron chi connectivity index (χ4n) is 2.56. The molecular formula is C16H16N2O6S. The summed E-state index contributed by atoms with van der Waals surface area (Å²) in [5, 5.41) is 10.9. The summed E-state index contributed by atoms with van der Waals surface area (Å²) in [5.41, 5.74) is 0.123. The minimum atomic E-state index is -3.95. The van der Waals surface area contributed by atoms with E-state index in [2.05, 4.69) is 0 Å². The van der Waals surface area contributed by atoms with E-state index in [-0.39, 0.29) is 17.1 Å². The molecule has 0 radical (unpaired) electrons. The Kier molecular flexibility index (Phi) is 4.49. The van der Waals surface area contributed by atoms with Gasteiger partial charge in [0.2, 0.25) is 0 Å². The lowest BCUT2D eigenvalue weighted by molar-refractivity contribution is -0.385. The van der Waals surface area contributed by atoms with Crippen LogP contribution in [-0.4, -0.2) is 33.1 Å². The average Bonchev–Trinajstić information content (AvgIpc) is 2.62. The highest BCUT2D eigenvalue weighted by molar-refractivity contribution is 7.92. The fraction of sp³-hybridized carbons (Fsp3) is 0.250. The molecule has 8 nitrogen and oxygen atoms in total. The molecule has 25 heavy (non-hydrogen) atoms. The van der Waals surface area contributed by atoms with Crippen LogP contribution in [0.2, 0.25) is 0 Å². The van der Waals surface area contributed by atoms with Gasteiger partial charge in [0, 0.05) is 24.7 Å². The molecule has 0 fully saturated rings. The Labute approximate surface area is 144 Å². The molecule has 0 aromatic heterocycles. The molecule has 132 valence electrons. The van der Waals surface area contributed by atoms with Gasteiger partial charge in [-0.3, -0.25) is 14.4 Å². The van der Waals surface area contributed by atoms with Crippen molar-refractivity contribution in [3.8, 4) is 11.5 Å². The Hall–Kier alpha value is -2.81. The molecule has 0 N–H and O–H groups in total. The van der Waals surface area contributed by atoms with E-state index >= 15 is 0 Å². The maximum absolute atomic E-state index is 12.9. The summed E-state index contributed by atoms with van der Waals surface area (Å²) in [6.45, 7) is 2.67. The van der Waals surface area contributed by atoms with Gasteiger partial charge in [0.1, 0.15) is 13.2 Å². The van der Waals surface area contributed by atoms with Gasteiger partial charge in [0.15, 0.2) is 11.5 Å². The zero-order valence-corrected chi connectivity index (χ0v) is 14.2. The van der Waals surface area contributed by atoms with Crippen LogP contribution in [0.25, 0.3) is 0 Å². The number of hydrogen-bond donors (Lipinski definition) is 0. The van der Waals surface area contributed by atoms with Crippen LogP contribution in [0.5, 0.6) is 11.5 Å². The van der Waals surface area contributed by atoms with Gasteiger partial charge in [-0.05, 0) is 25.1 Å². The highest BCUT2D eigenvalue weighted by Crippen LogP contribution is 2.35. The van der Waals surface area contributed by atoms with Crippen LogP contribution < -0.4 is 13.8 Å². The molecule has 0 amide bonds. The number of non-ortho nitro benzene ring substituents is 1. The number of ether oxygens (including phenoxy) is 2. The first-order valence-corrected chi connectivity index (χ1v) is 9.04. The smallest absolute Gasteiger partial charge is 0.270 e. The van der Waals surface area contributed by atoms with Crippen LogP contribution in [0.15, 0.2) is 47.4 Å². The van der Waals surface area contributed by atoms with Gasteiger partial charge < -0.3 is 9.47 Å². The topological polar surface area (TPSA) is 99.0 Å². The van der Waals surface area contributed by atoms with Gasteiger partial charge in [0.05, 0.1) is 15.5 Å². The number of benzene rings is 2. The second kappa shape index (κ2) is 6.60. The van der Waals surface area contributed by atoms with Gasteiger partial charge in [-0.1, -0.05) is 6.07 Å². The minimum Gasteiger partial charge on any atom is -0.486 e. The van der Waals surface area contributed by atoms with Crippen molar-refractivity contribution in [2.75, 3.05) is 24.1 Å². The maximum Gasteiger partial charge on any atom is 0.270 e. The molecule has 1 aliphatic heterocycles. The van der Waals surface area contributed by atoms with Gasteiger partial charge >= 0.3 is 0 Å². The lowest BCUT2D eigenvalue weighted by atomic mass is 10.2. The first-order valence-electron chi connectivity index (χ1n) is 7.60. The molecule has 0 aliphatic carbocycles. The van der Waals surface area contributed by atoms with E-state index in [0.29, 0.717) is 30.4 Å². The van der Waals surface area contributed by atoms with Crippen molar-refractivity contribution in [3.05, 3.63) is 52.6 Å². The Bertz CT molecular complexity index is 913. The van der Waals surface area contributed by atoms with Crippen LogP contribution >= 0.6 is 0 Å². The van der Waals surface area contributed by atoms with E-state index in [9.17, 15) is 18.5 Å². The Morgan fingerprint density at radius 3 is 2.52 bits per heavy atom. The Morgan fingerprint density at radius 1 is 1.12 bits per heavy atom. The highest BCUT2D eigenvalue weighted by atomic mass is 32.2. The number of rotatable bonds is 5. The second-order valence-electron chi connectivity index (χ2n) is 5.25. The van der Waals surface area contributed by atoms with Gasteiger partial charge in [-0.15, -0.1) is 0 Å². The predicted molar refractivity (Wildman–Crippen MR) is 90.7 cm³/mol. The van der Waals surface area contributed by atoms with Crippen molar-refractivity contribution >= 4 is 21.4 Å². The van der Waals surface area contributed by atoms with Crippen molar-refractivity contribution < 1.29 is 22.8 Å². The molecule has 3 rings (SSSR count). The molecule has 2 aromatic carbocycles. The number of anilines is 1. The Balaban J connectivity index is 2.02. The zero-order chi connectivity index (χ0) is 18.0. The van der Waals surface area contributed by atoms with Crippen LogP contribution in [0.4, 0.5) is 11.4 Å². The number of nitro benzene ring substituents is 1. The SMILES string of the molecule is CCN(c1ccc2c(c1)OCCO2)S(=O)(=O)c1cccc([N+](=O)[O-])c1.